The summed E-state index contributed by atoms with van der Waals surface area (Å²) in [5, 5.41) is 0.839. The Bertz CT molecular complexity index is 944. The highest BCUT2D eigenvalue weighted by Gasteiger charge is 2.22. The van der Waals surface area contributed by atoms with Crippen molar-refractivity contribution in [2.24, 2.45) is 0 Å². The maximum atomic E-state index is 12.7. The van der Waals surface area contributed by atoms with Crippen molar-refractivity contribution in [1.29, 1.82) is 0 Å². The Morgan fingerprint density at radius 2 is 1.93 bits per heavy atom. The summed E-state index contributed by atoms with van der Waals surface area (Å²) in [5.74, 6) is 1.42. The zero-order chi connectivity index (χ0) is 19.5. The van der Waals surface area contributed by atoms with E-state index in [4.69, 9.17) is 0 Å². The van der Waals surface area contributed by atoms with Gasteiger partial charge < -0.3 is 14.8 Å². The molecule has 0 atom stereocenters. The number of aryl methyl sites for hydroxylation is 2. The molecule has 2 aromatic heterocycles. The summed E-state index contributed by atoms with van der Waals surface area (Å²) >= 11 is 1.49. The van der Waals surface area contributed by atoms with Crippen molar-refractivity contribution < 1.29 is 4.79 Å². The number of nitrogens with one attached hydrogen (secondary N) is 1. The van der Waals surface area contributed by atoms with E-state index in [-0.39, 0.29) is 5.91 Å². The minimum Gasteiger partial charge on any atom is -0.339 e. The standard InChI is InChI=1S/C20H24N6OS/c1-15-3-4-17(13-16(15)2)26-8-7-23-20(26)28-14-18(27)24-9-11-25(12-10-24)19-21-5-6-22-19/h3-8,13H,9-12,14H2,1-2H3,(H,21,22). The van der Waals surface area contributed by atoms with Crippen LogP contribution < -0.4 is 4.90 Å². The molecule has 1 aliphatic heterocycles. The van der Waals surface area contributed by atoms with Crippen LogP contribution in [0.5, 0.6) is 0 Å². The van der Waals surface area contributed by atoms with Crippen molar-refractivity contribution in [3.63, 3.8) is 0 Å². The van der Waals surface area contributed by atoms with Crippen molar-refractivity contribution in [1.82, 2.24) is 24.4 Å². The number of hydrogen-bond acceptors (Lipinski definition) is 5. The Labute approximate surface area is 168 Å². The van der Waals surface area contributed by atoms with Crippen molar-refractivity contribution in [2.45, 2.75) is 19.0 Å². The van der Waals surface area contributed by atoms with Gasteiger partial charge in [-0.15, -0.1) is 0 Å². The molecule has 0 aliphatic carbocycles. The number of hydrogen-bond donors (Lipinski definition) is 1. The molecule has 28 heavy (non-hydrogen) atoms. The van der Waals surface area contributed by atoms with Crippen molar-refractivity contribution >= 4 is 23.6 Å². The number of thioether (sulfide) groups is 1. The summed E-state index contributed by atoms with van der Waals surface area (Å²) in [7, 11) is 0. The number of anilines is 1. The molecule has 4 rings (SSSR count). The lowest BCUT2D eigenvalue weighted by Crippen LogP contribution is -2.49. The Kier molecular flexibility index (Phi) is 5.38. The second kappa shape index (κ2) is 8.10. The third-order valence-corrected chi connectivity index (χ3v) is 6.07. The van der Waals surface area contributed by atoms with Crippen LogP contribution in [0, 0.1) is 13.8 Å². The molecule has 0 bridgehead atoms. The van der Waals surface area contributed by atoms with Gasteiger partial charge in [0, 0.05) is 56.7 Å². The zero-order valence-corrected chi connectivity index (χ0v) is 16.9. The van der Waals surface area contributed by atoms with Crippen molar-refractivity contribution in [3.8, 4) is 5.69 Å². The van der Waals surface area contributed by atoms with Crippen LogP contribution >= 0.6 is 11.8 Å². The van der Waals surface area contributed by atoms with E-state index in [1.54, 1.807) is 12.4 Å². The first kappa shape index (κ1) is 18.6. The number of H-pyrrole nitrogens is 1. The molecule has 146 valence electrons. The number of piperazine rings is 1. The van der Waals surface area contributed by atoms with Crippen molar-refractivity contribution in [3.05, 3.63) is 54.1 Å². The molecule has 0 spiro atoms. The predicted molar refractivity (Wildman–Crippen MR) is 111 cm³/mol. The molecule has 0 unspecified atom stereocenters. The lowest BCUT2D eigenvalue weighted by molar-refractivity contribution is -0.128. The van der Waals surface area contributed by atoms with E-state index in [1.165, 1.54) is 22.9 Å². The van der Waals surface area contributed by atoms with Gasteiger partial charge in [-0.25, -0.2) is 9.97 Å². The Balaban J connectivity index is 1.35. The van der Waals surface area contributed by atoms with Crippen LogP contribution in [-0.4, -0.2) is 62.3 Å². The third-order valence-electron chi connectivity index (χ3n) is 5.12. The number of imidazole rings is 2. The Morgan fingerprint density at radius 1 is 1.11 bits per heavy atom. The quantitative estimate of drug-likeness (QED) is 0.672. The van der Waals surface area contributed by atoms with E-state index in [0.29, 0.717) is 18.8 Å². The van der Waals surface area contributed by atoms with Crippen LogP contribution in [-0.2, 0) is 4.79 Å². The largest absolute Gasteiger partial charge is 0.339 e. The summed E-state index contributed by atoms with van der Waals surface area (Å²) in [6, 6.07) is 6.35. The van der Waals surface area contributed by atoms with Crippen LogP contribution in [0.25, 0.3) is 5.69 Å². The monoisotopic (exact) mass is 396 g/mol. The molecule has 0 saturated carbocycles. The van der Waals surface area contributed by atoms with Gasteiger partial charge in [0.1, 0.15) is 0 Å². The summed E-state index contributed by atoms with van der Waals surface area (Å²) in [6.07, 6.45) is 7.30. The van der Waals surface area contributed by atoms with Gasteiger partial charge in [0.25, 0.3) is 0 Å². The van der Waals surface area contributed by atoms with E-state index >= 15 is 0 Å². The van der Waals surface area contributed by atoms with E-state index in [9.17, 15) is 4.79 Å². The second-order valence-corrected chi connectivity index (χ2v) is 7.86. The average Bonchev–Trinajstić information content (AvgIpc) is 3.40. The van der Waals surface area contributed by atoms with Gasteiger partial charge in [0.15, 0.2) is 5.16 Å². The number of nitrogens with zero attached hydrogens (tertiary/aromatic N) is 5. The van der Waals surface area contributed by atoms with Gasteiger partial charge >= 0.3 is 0 Å². The Morgan fingerprint density at radius 3 is 2.64 bits per heavy atom. The highest BCUT2D eigenvalue weighted by molar-refractivity contribution is 7.99. The fourth-order valence-corrected chi connectivity index (χ4v) is 4.16. The predicted octanol–water partition coefficient (Wildman–Crippen LogP) is 2.65. The molecule has 1 fully saturated rings. The zero-order valence-electron chi connectivity index (χ0n) is 16.1. The van der Waals surface area contributed by atoms with Gasteiger partial charge in [-0.3, -0.25) is 9.36 Å². The third kappa shape index (κ3) is 3.91. The van der Waals surface area contributed by atoms with E-state index in [0.717, 1.165) is 29.9 Å². The average molecular weight is 397 g/mol. The minimum atomic E-state index is 0.152. The number of aromatic nitrogens is 4. The smallest absolute Gasteiger partial charge is 0.233 e. The SMILES string of the molecule is Cc1ccc(-n2ccnc2SCC(=O)N2CCN(c3ncc[nH]3)CC2)cc1C. The highest BCUT2D eigenvalue weighted by Crippen LogP contribution is 2.23. The number of carbonyl (C=O) groups excluding carboxylic acids is 1. The molecular formula is C20H24N6OS. The fraction of sp³-hybridized carbons (Fsp3) is 0.350. The maximum Gasteiger partial charge on any atom is 0.233 e. The fourth-order valence-electron chi connectivity index (χ4n) is 3.28. The molecule has 1 N–H and O–H groups in total. The molecule has 1 saturated heterocycles. The number of rotatable bonds is 5. The topological polar surface area (TPSA) is 70.1 Å². The van der Waals surface area contributed by atoms with Crippen LogP contribution in [0.1, 0.15) is 11.1 Å². The van der Waals surface area contributed by atoms with Crippen LogP contribution in [0.2, 0.25) is 0 Å². The number of aromatic amines is 1. The maximum absolute atomic E-state index is 12.7. The molecule has 0 radical (unpaired) electrons. The van der Waals surface area contributed by atoms with Gasteiger partial charge in [-0.1, -0.05) is 17.8 Å². The first-order valence-corrected chi connectivity index (χ1v) is 10.4. The molecule has 1 aromatic carbocycles. The van der Waals surface area contributed by atoms with Gasteiger partial charge in [-0.2, -0.15) is 0 Å². The lowest BCUT2D eigenvalue weighted by atomic mass is 10.1. The molecule has 7 nitrogen and oxygen atoms in total. The normalized spacial score (nSPS) is 14.5. The number of amides is 1. The van der Waals surface area contributed by atoms with Gasteiger partial charge in [-0.05, 0) is 37.1 Å². The minimum absolute atomic E-state index is 0.152. The summed E-state index contributed by atoms with van der Waals surface area (Å²) in [6.45, 7) is 7.22. The summed E-state index contributed by atoms with van der Waals surface area (Å²) in [4.78, 5) is 28.6. The molecule has 3 aromatic rings. The summed E-state index contributed by atoms with van der Waals surface area (Å²) in [5.41, 5.74) is 3.58. The van der Waals surface area contributed by atoms with Crippen LogP contribution in [0.4, 0.5) is 5.95 Å². The number of benzene rings is 1. The first-order chi connectivity index (χ1) is 13.6. The van der Waals surface area contributed by atoms with Crippen molar-refractivity contribution in [2.75, 3.05) is 36.8 Å². The Hall–Kier alpha value is -2.74. The lowest BCUT2D eigenvalue weighted by Gasteiger charge is -2.34. The molecule has 1 amide bonds. The summed E-state index contributed by atoms with van der Waals surface area (Å²) < 4.78 is 2.04. The van der Waals surface area contributed by atoms with Gasteiger partial charge in [0.2, 0.25) is 11.9 Å². The molecule has 1 aliphatic rings. The van der Waals surface area contributed by atoms with Crippen LogP contribution in [0.3, 0.4) is 0 Å². The highest BCUT2D eigenvalue weighted by atomic mass is 32.2. The first-order valence-electron chi connectivity index (χ1n) is 9.38. The second-order valence-electron chi connectivity index (χ2n) is 6.92. The number of carbonyl (C=O) groups is 1. The van der Waals surface area contributed by atoms with E-state index < -0.39 is 0 Å². The van der Waals surface area contributed by atoms with E-state index in [1.807, 2.05) is 21.9 Å². The van der Waals surface area contributed by atoms with Crippen LogP contribution in [0.15, 0.2) is 48.1 Å². The molecule has 3 heterocycles. The molecule has 8 heteroatoms. The molecular weight excluding hydrogens is 372 g/mol. The van der Waals surface area contributed by atoms with Gasteiger partial charge in [0.05, 0.1) is 5.75 Å². The van der Waals surface area contributed by atoms with E-state index in [2.05, 4.69) is 51.9 Å².